The second-order valence-electron chi connectivity index (χ2n) is 17.7. The van der Waals surface area contributed by atoms with Crippen molar-refractivity contribution in [2.75, 3.05) is 66.7 Å². The third-order valence-electron chi connectivity index (χ3n) is 11.2. The van der Waals surface area contributed by atoms with Gasteiger partial charge in [0.05, 0.1) is 17.8 Å². The van der Waals surface area contributed by atoms with Crippen molar-refractivity contribution in [3.05, 3.63) is 0 Å². The summed E-state index contributed by atoms with van der Waals surface area (Å²) >= 11 is 0. The molecule has 0 fully saturated rings. The van der Waals surface area contributed by atoms with Gasteiger partial charge in [-0.25, -0.2) is 0 Å². The lowest BCUT2D eigenvalue weighted by molar-refractivity contribution is -0.169. The fraction of sp³-hybridized carbons (Fsp3) is 0.878. The van der Waals surface area contributed by atoms with E-state index in [1.54, 1.807) is 0 Å². The lowest BCUT2D eigenvalue weighted by Gasteiger charge is -2.23. The predicted molar refractivity (Wildman–Crippen MR) is 246 cm³/mol. The second-order valence-corrected chi connectivity index (χ2v) is 17.7. The normalized spacial score (nSPS) is 13.7. The molecule has 0 saturated carbocycles. The number of hydrogen-bond acceptors (Lipinski definition) is 14. The zero-order chi connectivity index (χ0) is 47.1. The van der Waals surface area contributed by atoms with E-state index < -0.39 is 24.1 Å². The maximum atomic E-state index is 13.2. The van der Waals surface area contributed by atoms with Crippen LogP contribution in [0.2, 0.25) is 0 Å². The van der Waals surface area contributed by atoms with Crippen molar-refractivity contribution in [2.24, 2.45) is 17.8 Å². The quantitative estimate of drug-likeness (QED) is 0.0246. The molecule has 63 heavy (non-hydrogen) atoms. The molecule has 14 nitrogen and oxygen atoms in total. The lowest BCUT2D eigenvalue weighted by Crippen LogP contribution is -2.33. The van der Waals surface area contributed by atoms with E-state index in [4.69, 9.17) is 28.4 Å². The first-order valence-electron chi connectivity index (χ1n) is 24.6. The van der Waals surface area contributed by atoms with Gasteiger partial charge in [0.1, 0.15) is 26.4 Å². The standard InChI is InChI=1S/C49H90N2O12/c1-9-12-15-19-26-40(4)47(55)59-36-43(35-58-39-52)62-45(53)29-24-33-51(32-23-18-22-31-50(7)8)34-25-30-46(54)63-44(37-60-48(56)41(5)27-20-16-13-10-2)38-61-49(57)42(6)28-21-17-14-11-3/h39-44H,9-38H2,1-8H3. The number of carbonyl (C=O) groups excluding carboxylic acids is 6. The molecule has 368 valence electrons. The number of esters is 5. The fourth-order valence-corrected chi connectivity index (χ4v) is 6.98. The minimum Gasteiger partial charge on any atom is -0.464 e. The molecule has 0 aromatic heterocycles. The van der Waals surface area contributed by atoms with Gasteiger partial charge in [-0.1, -0.05) is 125 Å². The second kappa shape index (κ2) is 40.3. The van der Waals surface area contributed by atoms with Gasteiger partial charge < -0.3 is 38.2 Å². The van der Waals surface area contributed by atoms with Gasteiger partial charge in [0.25, 0.3) is 6.47 Å². The summed E-state index contributed by atoms with van der Waals surface area (Å²) in [5.74, 6) is -2.92. The molecule has 0 rings (SSSR count). The van der Waals surface area contributed by atoms with Gasteiger partial charge in [-0.2, -0.15) is 0 Å². The van der Waals surface area contributed by atoms with E-state index in [0.29, 0.717) is 45.2 Å². The van der Waals surface area contributed by atoms with Gasteiger partial charge in [0, 0.05) is 12.8 Å². The van der Waals surface area contributed by atoms with Crippen LogP contribution < -0.4 is 0 Å². The molecule has 0 N–H and O–H groups in total. The van der Waals surface area contributed by atoms with Crippen molar-refractivity contribution in [1.82, 2.24) is 9.80 Å². The molecular formula is C49H90N2O12. The van der Waals surface area contributed by atoms with Gasteiger partial charge in [-0.3, -0.25) is 28.8 Å². The maximum Gasteiger partial charge on any atom is 0.308 e. The van der Waals surface area contributed by atoms with E-state index >= 15 is 0 Å². The summed E-state index contributed by atoms with van der Waals surface area (Å²) in [5, 5.41) is 0. The molecule has 0 aromatic carbocycles. The molecule has 0 saturated heterocycles. The van der Waals surface area contributed by atoms with E-state index in [1.165, 1.54) is 0 Å². The molecule has 0 radical (unpaired) electrons. The first-order chi connectivity index (χ1) is 30.3. The minimum atomic E-state index is -0.924. The average Bonchev–Trinajstić information content (AvgIpc) is 3.26. The predicted octanol–water partition coefficient (Wildman–Crippen LogP) is 9.03. The van der Waals surface area contributed by atoms with E-state index in [2.05, 4.69) is 30.6 Å². The highest BCUT2D eigenvalue weighted by Gasteiger charge is 2.24. The van der Waals surface area contributed by atoms with Crippen LogP contribution in [0.4, 0.5) is 0 Å². The number of rotatable bonds is 43. The Bertz CT molecular complexity index is 1170. The topological polar surface area (TPSA) is 164 Å². The number of nitrogens with zero attached hydrogens (tertiary/aromatic N) is 2. The number of ether oxygens (including phenoxy) is 6. The van der Waals surface area contributed by atoms with Crippen molar-refractivity contribution in [3.8, 4) is 0 Å². The molecule has 0 aliphatic rings. The molecule has 0 heterocycles. The Morgan fingerprint density at radius 1 is 0.460 bits per heavy atom. The number of hydrogen-bond donors (Lipinski definition) is 0. The summed E-state index contributed by atoms with van der Waals surface area (Å²) in [6, 6.07) is 0. The Balaban J connectivity index is 5.37. The summed E-state index contributed by atoms with van der Waals surface area (Å²) in [7, 11) is 4.09. The molecule has 0 aliphatic heterocycles. The molecule has 4 unspecified atom stereocenters. The monoisotopic (exact) mass is 899 g/mol. The highest BCUT2D eigenvalue weighted by Crippen LogP contribution is 2.16. The van der Waals surface area contributed by atoms with Crippen LogP contribution in [0.25, 0.3) is 0 Å². The molecule has 4 atom stereocenters. The van der Waals surface area contributed by atoms with E-state index in [-0.39, 0.29) is 81.4 Å². The van der Waals surface area contributed by atoms with Gasteiger partial charge in [0.15, 0.2) is 12.2 Å². The summed E-state index contributed by atoms with van der Waals surface area (Å²) in [6.07, 6.45) is 17.2. The summed E-state index contributed by atoms with van der Waals surface area (Å²) in [6.45, 7) is 14.3. The lowest BCUT2D eigenvalue weighted by atomic mass is 10.0. The van der Waals surface area contributed by atoms with Crippen LogP contribution >= 0.6 is 0 Å². The van der Waals surface area contributed by atoms with E-state index in [9.17, 15) is 28.8 Å². The summed E-state index contributed by atoms with van der Waals surface area (Å²) in [5.41, 5.74) is 0. The maximum absolute atomic E-state index is 13.2. The molecule has 0 aromatic rings. The highest BCUT2D eigenvalue weighted by molar-refractivity contribution is 5.73. The molecule has 14 heteroatoms. The SMILES string of the molecule is CCCCCCC(C)C(=O)OCC(COC=O)OC(=O)CCCN(CCCCCN(C)C)CCCC(=O)OC(COC(=O)C(C)CCCCCC)COC(=O)C(C)CCCCCC. The third kappa shape index (κ3) is 34.8. The third-order valence-corrected chi connectivity index (χ3v) is 11.2. The van der Waals surface area contributed by atoms with Crippen molar-refractivity contribution in [2.45, 2.75) is 195 Å². The molecule has 0 spiro atoms. The Labute approximate surface area is 381 Å². The van der Waals surface area contributed by atoms with Crippen LogP contribution in [0.15, 0.2) is 0 Å². The molecule has 0 bridgehead atoms. The van der Waals surface area contributed by atoms with Crippen molar-refractivity contribution in [3.63, 3.8) is 0 Å². The Morgan fingerprint density at radius 3 is 1.17 bits per heavy atom. The van der Waals surface area contributed by atoms with Gasteiger partial charge in [-0.15, -0.1) is 0 Å². The first kappa shape index (κ1) is 59.7. The molecule has 0 amide bonds. The Morgan fingerprint density at radius 2 is 0.810 bits per heavy atom. The zero-order valence-electron chi connectivity index (χ0n) is 41.0. The highest BCUT2D eigenvalue weighted by atomic mass is 16.6. The summed E-state index contributed by atoms with van der Waals surface area (Å²) < 4.78 is 32.8. The zero-order valence-corrected chi connectivity index (χ0v) is 41.0. The smallest absolute Gasteiger partial charge is 0.308 e. The summed E-state index contributed by atoms with van der Waals surface area (Å²) in [4.78, 5) is 79.6. The van der Waals surface area contributed by atoms with Gasteiger partial charge in [0.2, 0.25) is 0 Å². The Kier molecular flexibility index (Phi) is 38.2. The van der Waals surface area contributed by atoms with Crippen molar-refractivity contribution >= 4 is 36.3 Å². The van der Waals surface area contributed by atoms with Crippen LogP contribution in [-0.4, -0.2) is 125 Å². The van der Waals surface area contributed by atoms with E-state index in [1.807, 2.05) is 34.9 Å². The van der Waals surface area contributed by atoms with Crippen LogP contribution in [0, 0.1) is 17.8 Å². The number of carbonyl (C=O) groups is 6. The van der Waals surface area contributed by atoms with Gasteiger partial charge >= 0.3 is 29.8 Å². The fourth-order valence-electron chi connectivity index (χ4n) is 6.98. The van der Waals surface area contributed by atoms with Crippen molar-refractivity contribution in [1.29, 1.82) is 0 Å². The van der Waals surface area contributed by atoms with Crippen LogP contribution in [0.1, 0.15) is 183 Å². The van der Waals surface area contributed by atoms with Gasteiger partial charge in [-0.05, 0) is 85.2 Å². The van der Waals surface area contributed by atoms with Crippen LogP contribution in [0.3, 0.4) is 0 Å². The number of unbranched alkanes of at least 4 members (excludes halogenated alkanes) is 11. The van der Waals surface area contributed by atoms with Crippen molar-refractivity contribution < 1.29 is 57.2 Å². The molecular weight excluding hydrogens is 809 g/mol. The Hall–Kier alpha value is -3.26. The van der Waals surface area contributed by atoms with E-state index in [0.717, 1.165) is 109 Å². The van der Waals surface area contributed by atoms with Crippen LogP contribution in [-0.2, 0) is 57.2 Å². The largest absolute Gasteiger partial charge is 0.464 e. The average molecular weight is 899 g/mol. The molecule has 0 aliphatic carbocycles. The minimum absolute atomic E-state index is 0.104. The van der Waals surface area contributed by atoms with Crippen LogP contribution in [0.5, 0.6) is 0 Å². The first-order valence-corrected chi connectivity index (χ1v) is 24.6.